The highest BCUT2D eigenvalue weighted by molar-refractivity contribution is 7.90. The normalized spacial score (nSPS) is 19.9. The molecule has 0 radical (unpaired) electrons. The molecule has 0 spiro atoms. The lowest BCUT2D eigenvalue weighted by Gasteiger charge is -2.24. The molecule has 1 aromatic carbocycles. The van der Waals surface area contributed by atoms with Crippen LogP contribution in [-0.4, -0.2) is 31.3 Å². The molecule has 0 saturated heterocycles. The van der Waals surface area contributed by atoms with Crippen molar-refractivity contribution >= 4 is 33.5 Å². The molecule has 2 atom stereocenters. The highest BCUT2D eigenvalue weighted by atomic mass is 32.2. The third-order valence-corrected chi connectivity index (χ3v) is 5.25. The van der Waals surface area contributed by atoms with Crippen molar-refractivity contribution in [2.24, 2.45) is 11.8 Å². The Morgan fingerprint density at radius 2 is 1.60 bits per heavy atom. The number of anilines is 1. The first kappa shape index (κ1) is 18.7. The van der Waals surface area contributed by atoms with Crippen molar-refractivity contribution < 1.29 is 27.9 Å². The van der Waals surface area contributed by atoms with Crippen LogP contribution in [0.4, 0.5) is 5.69 Å². The van der Waals surface area contributed by atoms with Gasteiger partial charge in [-0.2, -0.15) is 0 Å². The van der Waals surface area contributed by atoms with Crippen LogP contribution in [0.25, 0.3) is 0 Å². The number of rotatable bonds is 5. The topological polar surface area (TPSA) is 130 Å². The van der Waals surface area contributed by atoms with Crippen molar-refractivity contribution in [2.45, 2.75) is 24.7 Å². The molecule has 9 heteroatoms. The van der Waals surface area contributed by atoms with Crippen molar-refractivity contribution in [3.63, 3.8) is 0 Å². The third-order valence-electron chi connectivity index (χ3n) is 3.80. The van der Waals surface area contributed by atoms with Crippen molar-refractivity contribution in [1.82, 2.24) is 4.72 Å². The van der Waals surface area contributed by atoms with Gasteiger partial charge in [0.05, 0.1) is 16.7 Å². The molecular formula is C16H18N2O6S. The van der Waals surface area contributed by atoms with E-state index in [4.69, 9.17) is 0 Å². The molecule has 0 saturated carbocycles. The molecule has 134 valence electrons. The van der Waals surface area contributed by atoms with Gasteiger partial charge in [0, 0.05) is 12.6 Å². The summed E-state index contributed by atoms with van der Waals surface area (Å²) in [5, 5.41) is 11.8. The number of hydrogen-bond acceptors (Lipinski definition) is 5. The maximum absolute atomic E-state index is 12.3. The van der Waals surface area contributed by atoms with Gasteiger partial charge < -0.3 is 10.4 Å². The second-order valence-electron chi connectivity index (χ2n) is 5.67. The number of carbonyl (C=O) groups is 3. The van der Waals surface area contributed by atoms with Gasteiger partial charge >= 0.3 is 5.97 Å². The quantitative estimate of drug-likeness (QED) is 0.670. The van der Waals surface area contributed by atoms with Gasteiger partial charge in [0.25, 0.3) is 10.0 Å². The molecule has 2 unspecified atom stereocenters. The van der Waals surface area contributed by atoms with Gasteiger partial charge in [0.1, 0.15) is 0 Å². The Kier molecular flexibility index (Phi) is 5.58. The second kappa shape index (κ2) is 7.47. The molecule has 0 bridgehead atoms. The van der Waals surface area contributed by atoms with Crippen LogP contribution in [-0.2, 0) is 24.4 Å². The predicted octanol–water partition coefficient (Wildman–Crippen LogP) is 1.12. The molecule has 2 amide bonds. The monoisotopic (exact) mass is 366 g/mol. The molecule has 1 aliphatic carbocycles. The summed E-state index contributed by atoms with van der Waals surface area (Å²) in [7, 11) is -3.94. The highest BCUT2D eigenvalue weighted by Crippen LogP contribution is 2.27. The van der Waals surface area contributed by atoms with E-state index in [-0.39, 0.29) is 4.90 Å². The van der Waals surface area contributed by atoms with Crippen molar-refractivity contribution in [1.29, 1.82) is 0 Å². The van der Waals surface area contributed by atoms with Gasteiger partial charge in [-0.3, -0.25) is 14.4 Å². The lowest BCUT2D eigenvalue weighted by atomic mass is 9.82. The fourth-order valence-electron chi connectivity index (χ4n) is 2.58. The lowest BCUT2D eigenvalue weighted by molar-refractivity contribution is -0.146. The van der Waals surface area contributed by atoms with Gasteiger partial charge in [-0.1, -0.05) is 12.2 Å². The minimum Gasteiger partial charge on any atom is -0.481 e. The summed E-state index contributed by atoms with van der Waals surface area (Å²) in [6.07, 6.45) is 4.14. The van der Waals surface area contributed by atoms with Crippen LogP contribution in [0.3, 0.4) is 0 Å². The van der Waals surface area contributed by atoms with E-state index in [9.17, 15) is 27.9 Å². The first-order valence-corrected chi connectivity index (χ1v) is 9.01. The van der Waals surface area contributed by atoms with E-state index < -0.39 is 39.6 Å². The van der Waals surface area contributed by atoms with Crippen molar-refractivity contribution in [3.05, 3.63) is 36.4 Å². The largest absolute Gasteiger partial charge is 0.481 e. The Morgan fingerprint density at radius 1 is 1.04 bits per heavy atom. The minimum absolute atomic E-state index is 0.121. The number of benzene rings is 1. The Bertz CT molecular complexity index is 814. The number of carboxylic acids is 1. The number of amides is 2. The van der Waals surface area contributed by atoms with Gasteiger partial charge in [-0.15, -0.1) is 0 Å². The summed E-state index contributed by atoms with van der Waals surface area (Å²) < 4.78 is 25.5. The van der Waals surface area contributed by atoms with Gasteiger partial charge in [-0.05, 0) is 37.1 Å². The molecule has 1 aliphatic rings. The van der Waals surface area contributed by atoms with Crippen LogP contribution in [0.1, 0.15) is 19.8 Å². The van der Waals surface area contributed by atoms with Crippen LogP contribution >= 0.6 is 0 Å². The summed E-state index contributed by atoms with van der Waals surface area (Å²) in [4.78, 5) is 34.4. The zero-order chi connectivity index (χ0) is 18.6. The summed E-state index contributed by atoms with van der Waals surface area (Å²) in [6, 6.07) is 5.24. The molecule has 25 heavy (non-hydrogen) atoms. The zero-order valence-electron chi connectivity index (χ0n) is 13.4. The zero-order valence-corrected chi connectivity index (χ0v) is 14.2. The summed E-state index contributed by atoms with van der Waals surface area (Å²) >= 11 is 0. The Labute approximate surface area is 145 Å². The molecule has 3 N–H and O–H groups in total. The number of allylic oxidation sites excluding steroid dienone is 2. The Balaban J connectivity index is 2.10. The molecule has 0 aromatic heterocycles. The second-order valence-corrected chi connectivity index (χ2v) is 7.35. The van der Waals surface area contributed by atoms with E-state index in [1.165, 1.54) is 24.3 Å². The predicted molar refractivity (Wildman–Crippen MR) is 89.1 cm³/mol. The maximum Gasteiger partial charge on any atom is 0.307 e. The smallest absolute Gasteiger partial charge is 0.307 e. The molecular weight excluding hydrogens is 348 g/mol. The van der Waals surface area contributed by atoms with Crippen molar-refractivity contribution in [3.8, 4) is 0 Å². The van der Waals surface area contributed by atoms with E-state index in [0.29, 0.717) is 18.5 Å². The number of hydrogen-bond donors (Lipinski definition) is 3. The van der Waals surface area contributed by atoms with Gasteiger partial charge in [0.15, 0.2) is 0 Å². The average Bonchev–Trinajstić information content (AvgIpc) is 2.54. The van der Waals surface area contributed by atoms with E-state index in [1.807, 2.05) is 4.72 Å². The molecule has 2 rings (SSSR count). The molecule has 0 heterocycles. The molecule has 1 aromatic rings. The molecule has 0 aliphatic heterocycles. The van der Waals surface area contributed by atoms with Crippen LogP contribution in [0.2, 0.25) is 0 Å². The van der Waals surface area contributed by atoms with E-state index in [2.05, 4.69) is 5.32 Å². The van der Waals surface area contributed by atoms with Gasteiger partial charge in [-0.25, -0.2) is 13.1 Å². The Morgan fingerprint density at radius 3 is 2.12 bits per heavy atom. The highest BCUT2D eigenvalue weighted by Gasteiger charge is 2.33. The van der Waals surface area contributed by atoms with Crippen LogP contribution in [0, 0.1) is 11.8 Å². The van der Waals surface area contributed by atoms with E-state index >= 15 is 0 Å². The first-order chi connectivity index (χ1) is 11.7. The van der Waals surface area contributed by atoms with Crippen LogP contribution < -0.4 is 10.0 Å². The fourth-order valence-corrected chi connectivity index (χ4v) is 3.57. The third kappa shape index (κ3) is 4.66. The number of carbonyl (C=O) groups excluding carboxylic acids is 2. The van der Waals surface area contributed by atoms with Crippen molar-refractivity contribution in [2.75, 3.05) is 5.32 Å². The summed E-state index contributed by atoms with van der Waals surface area (Å²) in [5.41, 5.74) is 0.338. The number of nitrogens with one attached hydrogen (secondary N) is 2. The molecule has 8 nitrogen and oxygen atoms in total. The number of sulfonamides is 1. The van der Waals surface area contributed by atoms with Crippen LogP contribution in [0.5, 0.6) is 0 Å². The average molecular weight is 366 g/mol. The summed E-state index contributed by atoms with van der Waals surface area (Å²) in [6.45, 7) is 1.09. The van der Waals surface area contributed by atoms with Gasteiger partial charge in [0.2, 0.25) is 11.8 Å². The fraction of sp³-hybridized carbons (Fsp3) is 0.312. The number of aliphatic carboxylic acids is 1. The lowest BCUT2D eigenvalue weighted by Crippen LogP contribution is -2.34. The minimum atomic E-state index is -3.94. The number of carboxylic acid groups (broad SMARTS) is 1. The molecule has 0 fully saturated rings. The van der Waals surface area contributed by atoms with Crippen LogP contribution in [0.15, 0.2) is 41.3 Å². The SMILES string of the molecule is CC(=O)NS(=O)(=O)c1ccc(NC(=O)C2CC=CCC2C(=O)O)cc1. The summed E-state index contributed by atoms with van der Waals surface area (Å²) in [5.74, 6) is -3.65. The first-order valence-electron chi connectivity index (χ1n) is 7.53. The standard InChI is InChI=1S/C16H18N2O6S/c1-10(19)18-25(23,24)12-8-6-11(7-9-12)17-15(20)13-4-2-3-5-14(13)16(21)22/h2-3,6-9,13-14H,4-5H2,1H3,(H,17,20)(H,18,19)(H,21,22). The van der Waals surface area contributed by atoms with E-state index in [0.717, 1.165) is 6.92 Å². The van der Waals surface area contributed by atoms with E-state index in [1.54, 1.807) is 12.2 Å². The Hall–Kier alpha value is -2.68. The maximum atomic E-state index is 12.3.